The highest BCUT2D eigenvalue weighted by Crippen LogP contribution is 2.33. The Balaban J connectivity index is 2.00. The summed E-state index contributed by atoms with van der Waals surface area (Å²) >= 11 is 0.749. The minimum absolute atomic E-state index is 0.199. The number of aryl methyl sites for hydroxylation is 1. The van der Waals surface area contributed by atoms with E-state index in [1.165, 1.54) is 6.07 Å². The summed E-state index contributed by atoms with van der Waals surface area (Å²) in [5, 5.41) is -0.539. The molecule has 2 aromatic rings. The van der Waals surface area contributed by atoms with Crippen molar-refractivity contribution in [2.45, 2.75) is 13.8 Å². The number of nitrogens with two attached hydrogens (primary N) is 1. The number of amides is 3. The van der Waals surface area contributed by atoms with Gasteiger partial charge in [0.25, 0.3) is 11.1 Å². The van der Waals surface area contributed by atoms with Crippen LogP contribution in [-0.2, 0) is 9.59 Å². The SMILES string of the molecule is Cc1cc(/C=C2\SC(=O)N(CC(N)=O)C2=O)c(C)n1-c1ccccc1F. The molecule has 134 valence electrons. The Morgan fingerprint density at radius 3 is 2.62 bits per heavy atom. The average Bonchev–Trinajstić information content (AvgIpc) is 2.99. The molecule has 6 nitrogen and oxygen atoms in total. The number of imide groups is 1. The Morgan fingerprint density at radius 2 is 1.96 bits per heavy atom. The molecular formula is C18H16FN3O3S. The second kappa shape index (κ2) is 6.80. The van der Waals surface area contributed by atoms with Gasteiger partial charge in [0.05, 0.1) is 10.6 Å². The van der Waals surface area contributed by atoms with Gasteiger partial charge in [-0.15, -0.1) is 0 Å². The number of thioether (sulfide) groups is 1. The molecule has 0 radical (unpaired) electrons. The van der Waals surface area contributed by atoms with Crippen molar-refractivity contribution < 1.29 is 18.8 Å². The van der Waals surface area contributed by atoms with Gasteiger partial charge in [-0.25, -0.2) is 4.39 Å². The lowest BCUT2D eigenvalue weighted by Gasteiger charge is -2.10. The summed E-state index contributed by atoms with van der Waals surface area (Å²) in [4.78, 5) is 36.3. The molecule has 0 saturated carbocycles. The topological polar surface area (TPSA) is 85.4 Å². The third-order valence-electron chi connectivity index (χ3n) is 4.04. The lowest BCUT2D eigenvalue weighted by Crippen LogP contribution is -2.36. The van der Waals surface area contributed by atoms with E-state index in [0.29, 0.717) is 11.3 Å². The molecule has 8 heteroatoms. The standard InChI is InChI=1S/C18H16FN3O3S/c1-10-7-12(11(2)22(10)14-6-4-3-5-13(14)19)8-15-17(24)21(9-16(20)23)18(25)26-15/h3-8H,9H2,1-2H3,(H2,20,23)/b15-8-. The fraction of sp³-hybridized carbons (Fsp3) is 0.167. The van der Waals surface area contributed by atoms with Gasteiger partial charge in [0.1, 0.15) is 12.4 Å². The number of carbonyl (C=O) groups is 3. The number of rotatable bonds is 4. The number of benzene rings is 1. The third-order valence-corrected chi connectivity index (χ3v) is 4.95. The van der Waals surface area contributed by atoms with Crippen LogP contribution in [0.15, 0.2) is 35.2 Å². The molecule has 26 heavy (non-hydrogen) atoms. The maximum Gasteiger partial charge on any atom is 0.294 e. The van der Waals surface area contributed by atoms with Crippen LogP contribution in [0.5, 0.6) is 0 Å². The molecular weight excluding hydrogens is 357 g/mol. The first kappa shape index (κ1) is 17.9. The molecule has 1 aromatic heterocycles. The van der Waals surface area contributed by atoms with Gasteiger partial charge < -0.3 is 10.3 Å². The van der Waals surface area contributed by atoms with Gasteiger partial charge in [-0.05, 0) is 55.4 Å². The molecule has 1 aliphatic rings. The van der Waals surface area contributed by atoms with Crippen molar-refractivity contribution in [1.29, 1.82) is 0 Å². The fourth-order valence-corrected chi connectivity index (χ4v) is 3.70. The Bertz CT molecular complexity index is 965. The van der Waals surface area contributed by atoms with E-state index in [-0.39, 0.29) is 10.7 Å². The van der Waals surface area contributed by atoms with Crippen molar-refractivity contribution in [3.05, 3.63) is 58.0 Å². The minimum Gasteiger partial charge on any atom is -0.368 e. The second-order valence-corrected chi connectivity index (χ2v) is 6.84. The van der Waals surface area contributed by atoms with Crippen molar-refractivity contribution in [2.75, 3.05) is 6.54 Å². The highest BCUT2D eigenvalue weighted by atomic mass is 32.2. The van der Waals surface area contributed by atoms with E-state index >= 15 is 0 Å². The van der Waals surface area contributed by atoms with E-state index in [2.05, 4.69) is 0 Å². The number of primary amides is 1. The van der Waals surface area contributed by atoms with Crippen LogP contribution in [0.4, 0.5) is 9.18 Å². The number of halogens is 1. The summed E-state index contributed by atoms with van der Waals surface area (Å²) in [6.07, 6.45) is 1.57. The van der Waals surface area contributed by atoms with E-state index in [0.717, 1.165) is 28.0 Å². The Labute approximate surface area is 153 Å². The van der Waals surface area contributed by atoms with E-state index < -0.39 is 23.6 Å². The second-order valence-electron chi connectivity index (χ2n) is 5.85. The summed E-state index contributed by atoms with van der Waals surface area (Å²) in [6, 6.07) is 8.21. The summed E-state index contributed by atoms with van der Waals surface area (Å²) in [5.74, 6) is -1.68. The van der Waals surface area contributed by atoms with E-state index in [4.69, 9.17) is 5.73 Å². The largest absolute Gasteiger partial charge is 0.368 e. The maximum absolute atomic E-state index is 14.1. The fourth-order valence-electron chi connectivity index (χ4n) is 2.87. The number of nitrogens with zero attached hydrogens (tertiary/aromatic N) is 2. The summed E-state index contributed by atoms with van der Waals surface area (Å²) in [5.41, 5.74) is 7.68. The van der Waals surface area contributed by atoms with Crippen molar-refractivity contribution >= 4 is 34.9 Å². The van der Waals surface area contributed by atoms with Gasteiger partial charge in [0, 0.05) is 11.4 Å². The molecule has 3 rings (SSSR count). The Morgan fingerprint density at radius 1 is 1.27 bits per heavy atom. The molecule has 1 saturated heterocycles. The Hall–Kier alpha value is -2.87. The predicted octanol–water partition coefficient (Wildman–Crippen LogP) is 2.75. The number of para-hydroxylation sites is 1. The number of hydrogen-bond donors (Lipinski definition) is 1. The van der Waals surface area contributed by atoms with Crippen LogP contribution < -0.4 is 5.73 Å². The zero-order valence-corrected chi connectivity index (χ0v) is 15.0. The molecule has 3 amide bonds. The molecule has 0 bridgehead atoms. The lowest BCUT2D eigenvalue weighted by molar-refractivity contribution is -0.127. The van der Waals surface area contributed by atoms with Gasteiger partial charge in [-0.3, -0.25) is 19.3 Å². The summed E-state index contributed by atoms with van der Waals surface area (Å²) < 4.78 is 15.9. The highest BCUT2D eigenvalue weighted by molar-refractivity contribution is 8.18. The Kier molecular flexibility index (Phi) is 4.69. The first-order valence-corrected chi connectivity index (χ1v) is 8.58. The molecule has 2 heterocycles. The highest BCUT2D eigenvalue weighted by Gasteiger charge is 2.36. The van der Waals surface area contributed by atoms with Crippen LogP contribution >= 0.6 is 11.8 Å². The molecule has 0 atom stereocenters. The van der Waals surface area contributed by atoms with Crippen LogP contribution in [-0.4, -0.2) is 33.1 Å². The lowest BCUT2D eigenvalue weighted by atomic mass is 10.2. The zero-order chi connectivity index (χ0) is 19.0. The van der Waals surface area contributed by atoms with Crippen molar-refractivity contribution in [2.24, 2.45) is 5.73 Å². The van der Waals surface area contributed by atoms with Gasteiger partial charge >= 0.3 is 0 Å². The number of hydrogen-bond acceptors (Lipinski definition) is 4. The van der Waals surface area contributed by atoms with Gasteiger partial charge in [0.2, 0.25) is 5.91 Å². The minimum atomic E-state index is -0.758. The quantitative estimate of drug-likeness (QED) is 0.835. The number of carbonyl (C=O) groups excluding carboxylic acids is 3. The number of aromatic nitrogens is 1. The zero-order valence-electron chi connectivity index (χ0n) is 14.2. The first-order chi connectivity index (χ1) is 12.3. The first-order valence-electron chi connectivity index (χ1n) is 7.77. The normalized spacial score (nSPS) is 16.0. The van der Waals surface area contributed by atoms with E-state index in [9.17, 15) is 18.8 Å². The molecule has 0 aliphatic carbocycles. The van der Waals surface area contributed by atoms with Crippen molar-refractivity contribution in [1.82, 2.24) is 9.47 Å². The van der Waals surface area contributed by atoms with Crippen LogP contribution in [0.1, 0.15) is 17.0 Å². The molecule has 0 spiro atoms. The molecule has 2 N–H and O–H groups in total. The van der Waals surface area contributed by atoms with Crippen LogP contribution in [0.3, 0.4) is 0 Å². The van der Waals surface area contributed by atoms with Crippen molar-refractivity contribution in [3.8, 4) is 5.69 Å². The van der Waals surface area contributed by atoms with Crippen LogP contribution in [0.25, 0.3) is 11.8 Å². The van der Waals surface area contributed by atoms with Gasteiger partial charge in [0.15, 0.2) is 0 Å². The molecule has 1 aliphatic heterocycles. The molecule has 0 unspecified atom stereocenters. The van der Waals surface area contributed by atoms with E-state index in [1.807, 2.05) is 13.0 Å². The van der Waals surface area contributed by atoms with Crippen LogP contribution in [0, 0.1) is 19.7 Å². The molecule has 1 aromatic carbocycles. The third kappa shape index (κ3) is 3.15. The maximum atomic E-state index is 14.1. The monoisotopic (exact) mass is 373 g/mol. The summed E-state index contributed by atoms with van der Waals surface area (Å²) in [6.45, 7) is 3.19. The van der Waals surface area contributed by atoms with Crippen LogP contribution in [0.2, 0.25) is 0 Å². The average molecular weight is 373 g/mol. The summed E-state index contributed by atoms with van der Waals surface area (Å²) in [7, 11) is 0. The smallest absolute Gasteiger partial charge is 0.294 e. The predicted molar refractivity (Wildman–Crippen MR) is 97.1 cm³/mol. The van der Waals surface area contributed by atoms with Crippen molar-refractivity contribution in [3.63, 3.8) is 0 Å². The van der Waals surface area contributed by atoms with Gasteiger partial charge in [-0.2, -0.15) is 0 Å². The molecule has 1 fully saturated rings. The van der Waals surface area contributed by atoms with Gasteiger partial charge in [-0.1, -0.05) is 12.1 Å². The van der Waals surface area contributed by atoms with E-state index in [1.54, 1.807) is 35.8 Å².